The van der Waals surface area contributed by atoms with Gasteiger partial charge in [-0.25, -0.2) is 12.8 Å². The Morgan fingerprint density at radius 2 is 1.78 bits per heavy atom. The molecule has 142 valence electrons. The number of hydrogen-bond donors (Lipinski definition) is 2. The van der Waals surface area contributed by atoms with E-state index in [1.807, 2.05) is 0 Å². The van der Waals surface area contributed by atoms with Gasteiger partial charge in [0.25, 0.3) is 5.91 Å². The predicted octanol–water partition coefficient (Wildman–Crippen LogP) is 3.59. The molecule has 0 aliphatic carbocycles. The molecule has 0 spiro atoms. The first-order valence-electron chi connectivity index (χ1n) is 8.36. The fourth-order valence-corrected chi connectivity index (χ4v) is 3.95. The second-order valence-corrected chi connectivity index (χ2v) is 8.51. The Balaban J connectivity index is 1.78. The molecule has 3 rings (SSSR count). The lowest BCUT2D eigenvalue weighted by Gasteiger charge is -2.21. The van der Waals surface area contributed by atoms with E-state index < -0.39 is 15.9 Å². The number of nitrogens with zero attached hydrogens (tertiary/aromatic N) is 1. The number of carbonyl (C=O) groups is 1. The van der Waals surface area contributed by atoms with Crippen LogP contribution in [0.1, 0.15) is 24.3 Å². The summed E-state index contributed by atoms with van der Waals surface area (Å²) < 4.78 is 39.5. The van der Waals surface area contributed by atoms with Gasteiger partial charge >= 0.3 is 0 Å². The van der Waals surface area contributed by atoms with Crippen LogP contribution in [0.25, 0.3) is 10.9 Å². The third-order valence-electron chi connectivity index (χ3n) is 4.34. The van der Waals surface area contributed by atoms with Gasteiger partial charge in [-0.05, 0) is 62.4 Å². The summed E-state index contributed by atoms with van der Waals surface area (Å²) in [7, 11) is -2.06. The van der Waals surface area contributed by atoms with Crippen molar-refractivity contribution in [3.63, 3.8) is 0 Å². The summed E-state index contributed by atoms with van der Waals surface area (Å²) in [5.41, 5.74) is 1.39. The van der Waals surface area contributed by atoms with Crippen molar-refractivity contribution in [2.24, 2.45) is 0 Å². The lowest BCUT2D eigenvalue weighted by atomic mass is 10.2. The summed E-state index contributed by atoms with van der Waals surface area (Å²) in [4.78, 5) is 15.5. The molecule has 0 atom stereocenters. The maximum atomic E-state index is 13.3. The van der Waals surface area contributed by atoms with Gasteiger partial charge in [-0.3, -0.25) is 4.79 Å². The molecule has 0 radical (unpaired) electrons. The van der Waals surface area contributed by atoms with Gasteiger partial charge in [-0.2, -0.15) is 4.31 Å². The van der Waals surface area contributed by atoms with E-state index in [2.05, 4.69) is 10.3 Å². The summed E-state index contributed by atoms with van der Waals surface area (Å²) in [6, 6.07) is 11.6. The second kappa shape index (κ2) is 7.13. The lowest BCUT2D eigenvalue weighted by Crippen LogP contribution is -2.33. The summed E-state index contributed by atoms with van der Waals surface area (Å²) in [6.07, 6.45) is 0. The van der Waals surface area contributed by atoms with Crippen LogP contribution in [-0.4, -0.2) is 36.7 Å². The maximum absolute atomic E-state index is 13.3. The monoisotopic (exact) mass is 389 g/mol. The number of carbonyl (C=O) groups excluding carboxylic acids is 1. The minimum absolute atomic E-state index is 0.151. The van der Waals surface area contributed by atoms with Crippen molar-refractivity contribution in [1.82, 2.24) is 9.29 Å². The zero-order chi connectivity index (χ0) is 19.8. The van der Waals surface area contributed by atoms with Gasteiger partial charge < -0.3 is 10.3 Å². The van der Waals surface area contributed by atoms with Gasteiger partial charge in [0.2, 0.25) is 10.0 Å². The Kier molecular flexibility index (Phi) is 5.03. The van der Waals surface area contributed by atoms with E-state index >= 15 is 0 Å². The number of halogens is 1. The van der Waals surface area contributed by atoms with Gasteiger partial charge in [-0.1, -0.05) is 0 Å². The number of benzene rings is 2. The highest BCUT2D eigenvalue weighted by atomic mass is 32.2. The molecule has 27 heavy (non-hydrogen) atoms. The molecule has 2 N–H and O–H groups in total. The van der Waals surface area contributed by atoms with Crippen molar-refractivity contribution < 1.29 is 17.6 Å². The minimum Gasteiger partial charge on any atom is -0.351 e. The Morgan fingerprint density at radius 1 is 1.11 bits per heavy atom. The summed E-state index contributed by atoms with van der Waals surface area (Å²) >= 11 is 0. The van der Waals surface area contributed by atoms with Crippen LogP contribution in [0, 0.1) is 5.82 Å². The fraction of sp³-hybridized carbons (Fsp3) is 0.211. The Hall–Kier alpha value is -2.71. The number of aromatic nitrogens is 1. The molecule has 3 aromatic rings. The molecule has 0 aliphatic rings. The third kappa shape index (κ3) is 3.86. The van der Waals surface area contributed by atoms with Gasteiger partial charge in [0.05, 0.1) is 4.90 Å². The van der Waals surface area contributed by atoms with Crippen LogP contribution < -0.4 is 5.32 Å². The van der Waals surface area contributed by atoms with Crippen molar-refractivity contribution >= 4 is 32.5 Å². The third-order valence-corrected chi connectivity index (χ3v) is 6.39. The van der Waals surface area contributed by atoms with Crippen LogP contribution in [0.5, 0.6) is 0 Å². The molecule has 1 heterocycles. The van der Waals surface area contributed by atoms with Gasteiger partial charge in [0, 0.05) is 29.7 Å². The number of amides is 1. The molecule has 0 bridgehead atoms. The fourth-order valence-electron chi connectivity index (χ4n) is 2.58. The first-order valence-corrected chi connectivity index (χ1v) is 9.80. The molecule has 8 heteroatoms. The van der Waals surface area contributed by atoms with E-state index in [1.54, 1.807) is 26.0 Å². The molecule has 0 saturated carbocycles. The number of nitrogens with one attached hydrogen (secondary N) is 2. The highest BCUT2D eigenvalue weighted by Crippen LogP contribution is 2.21. The molecule has 6 nitrogen and oxygen atoms in total. The van der Waals surface area contributed by atoms with Crippen molar-refractivity contribution in [2.45, 2.75) is 24.8 Å². The molecule has 0 fully saturated rings. The Labute approximate surface area is 157 Å². The van der Waals surface area contributed by atoms with Crippen LogP contribution in [0.2, 0.25) is 0 Å². The summed E-state index contributed by atoms with van der Waals surface area (Å²) in [5, 5.41) is 3.29. The number of aromatic amines is 1. The average molecular weight is 389 g/mol. The van der Waals surface area contributed by atoms with Crippen molar-refractivity contribution in [2.75, 3.05) is 12.4 Å². The molecule has 1 amide bonds. The quantitative estimate of drug-likeness (QED) is 0.700. The van der Waals surface area contributed by atoms with E-state index in [0.29, 0.717) is 16.6 Å². The van der Waals surface area contributed by atoms with Gasteiger partial charge in [-0.15, -0.1) is 0 Å². The Bertz CT molecular complexity index is 1090. The lowest BCUT2D eigenvalue weighted by molar-refractivity contribution is 0.102. The average Bonchev–Trinajstić information content (AvgIpc) is 3.04. The van der Waals surface area contributed by atoms with Gasteiger partial charge in [0.1, 0.15) is 11.5 Å². The number of H-pyrrole nitrogens is 1. The zero-order valence-corrected chi connectivity index (χ0v) is 16.0. The maximum Gasteiger partial charge on any atom is 0.272 e. The van der Waals surface area contributed by atoms with Crippen LogP contribution in [0.15, 0.2) is 53.4 Å². The van der Waals surface area contributed by atoms with E-state index in [4.69, 9.17) is 0 Å². The van der Waals surface area contributed by atoms with Crippen molar-refractivity contribution in [3.05, 3.63) is 60.0 Å². The molecule has 0 aliphatic heterocycles. The normalized spacial score (nSPS) is 12.1. The smallest absolute Gasteiger partial charge is 0.272 e. The molecular weight excluding hydrogens is 369 g/mol. The topological polar surface area (TPSA) is 82.3 Å². The molecule has 0 unspecified atom stereocenters. The highest BCUT2D eigenvalue weighted by molar-refractivity contribution is 7.89. The molecule has 0 saturated heterocycles. The van der Waals surface area contributed by atoms with Crippen LogP contribution >= 0.6 is 0 Å². The first kappa shape index (κ1) is 19.1. The zero-order valence-electron chi connectivity index (χ0n) is 15.2. The van der Waals surface area contributed by atoms with E-state index in [9.17, 15) is 17.6 Å². The Morgan fingerprint density at radius 3 is 2.41 bits per heavy atom. The standard InChI is InChI=1S/C19H20FN3O3S/c1-12(2)23(3)27(25,26)16-7-5-15(6-8-16)21-19(24)18-11-13-10-14(20)4-9-17(13)22-18/h4-12,22H,1-3H3,(H,21,24). The minimum atomic E-state index is -3.58. The predicted molar refractivity (Wildman–Crippen MR) is 103 cm³/mol. The van der Waals surface area contributed by atoms with E-state index in [1.165, 1.54) is 47.8 Å². The summed E-state index contributed by atoms with van der Waals surface area (Å²) in [6.45, 7) is 3.58. The second-order valence-electron chi connectivity index (χ2n) is 6.51. The molecule has 1 aromatic heterocycles. The SMILES string of the molecule is CC(C)N(C)S(=O)(=O)c1ccc(NC(=O)c2cc3cc(F)ccc3[nH]2)cc1. The van der Waals surface area contributed by atoms with Crippen molar-refractivity contribution in [1.29, 1.82) is 0 Å². The first-order chi connectivity index (χ1) is 12.7. The number of anilines is 1. The summed E-state index contributed by atoms with van der Waals surface area (Å²) in [5.74, 6) is -0.780. The van der Waals surface area contributed by atoms with E-state index in [0.717, 1.165) is 0 Å². The highest BCUT2D eigenvalue weighted by Gasteiger charge is 2.23. The largest absolute Gasteiger partial charge is 0.351 e. The van der Waals surface area contributed by atoms with Crippen LogP contribution in [0.3, 0.4) is 0 Å². The van der Waals surface area contributed by atoms with Crippen LogP contribution in [0.4, 0.5) is 10.1 Å². The number of rotatable bonds is 5. The van der Waals surface area contributed by atoms with Crippen molar-refractivity contribution in [3.8, 4) is 0 Å². The van der Waals surface area contributed by atoms with Gasteiger partial charge in [0.15, 0.2) is 0 Å². The van der Waals surface area contributed by atoms with E-state index in [-0.39, 0.29) is 22.4 Å². The number of hydrogen-bond acceptors (Lipinski definition) is 3. The molecular formula is C19H20FN3O3S. The van der Waals surface area contributed by atoms with Crippen LogP contribution in [-0.2, 0) is 10.0 Å². The number of fused-ring (bicyclic) bond motifs is 1. The molecule has 2 aromatic carbocycles. The number of sulfonamides is 1.